The van der Waals surface area contributed by atoms with E-state index in [9.17, 15) is 8.78 Å². The molecule has 0 spiro atoms. The van der Waals surface area contributed by atoms with Gasteiger partial charge < -0.3 is 4.48 Å². The van der Waals surface area contributed by atoms with Crippen molar-refractivity contribution in [2.75, 3.05) is 6.16 Å². The van der Waals surface area contributed by atoms with Crippen LogP contribution in [-0.4, -0.2) is 12.4 Å². The molecule has 0 N–H and O–H groups in total. The van der Waals surface area contributed by atoms with Crippen molar-refractivity contribution in [1.82, 2.24) is 0 Å². The molecule has 1 nitrogen and oxygen atoms in total. The maximum Gasteiger partial charge on any atom is 0.344 e. The van der Waals surface area contributed by atoms with Gasteiger partial charge in [0, 0.05) is 0 Å². The second kappa shape index (κ2) is 13.9. The molecule has 50 heavy (non-hydrogen) atoms. The number of benzene rings is 4. The number of rotatable bonds is 8. The zero-order chi connectivity index (χ0) is 37.0. The number of aromatic nitrogens is 1. The smallest absolute Gasteiger partial charge is 0.344 e. The van der Waals surface area contributed by atoms with E-state index in [1.807, 2.05) is 65.8 Å². The lowest BCUT2D eigenvalue weighted by atomic mass is 9.25. The topological polar surface area (TPSA) is 3.88 Å². The van der Waals surface area contributed by atoms with Gasteiger partial charge in [-0.2, -0.15) is 0 Å². The highest BCUT2D eigenvalue weighted by Crippen LogP contribution is 2.41. The first-order valence-electron chi connectivity index (χ1n) is 15.6. The van der Waals surface area contributed by atoms with Crippen molar-refractivity contribution in [2.45, 2.75) is 47.9 Å². The Morgan fingerprint density at radius 1 is 0.460 bits per heavy atom. The van der Waals surface area contributed by atoms with Crippen LogP contribution < -0.4 is 26.0 Å². The Balaban J connectivity index is 1.97. The SMILES string of the molecule is Cc1cc(C)c(P(CC[B-](c2c(F)c(F)c(F)c(F)c2F)(c2c(F)c(F)c(F)c(F)c2F)[n+]2ccccc2)c2c(C)cc(C)cc2C)c(C)c1. The van der Waals surface area contributed by atoms with Gasteiger partial charge in [-0.15, -0.1) is 0 Å². The zero-order valence-corrected chi connectivity index (χ0v) is 28.8. The molecule has 0 aliphatic carbocycles. The van der Waals surface area contributed by atoms with E-state index >= 15 is 35.1 Å². The van der Waals surface area contributed by atoms with E-state index in [2.05, 4.69) is 0 Å². The number of hydrogen-bond acceptors (Lipinski definition) is 0. The molecular weight excluding hydrogens is 690 g/mol. The van der Waals surface area contributed by atoms with Gasteiger partial charge in [-0.25, -0.2) is 43.9 Å². The fourth-order valence-electron chi connectivity index (χ4n) is 7.52. The van der Waals surface area contributed by atoms with E-state index in [-0.39, 0.29) is 6.16 Å². The Morgan fingerprint density at radius 3 is 1.08 bits per heavy atom. The fourth-order valence-corrected chi connectivity index (χ4v) is 10.8. The molecule has 0 atom stereocenters. The van der Waals surface area contributed by atoms with Crippen LogP contribution in [0.5, 0.6) is 0 Å². The number of aryl methyl sites for hydroxylation is 6. The van der Waals surface area contributed by atoms with Crippen molar-refractivity contribution in [2.24, 2.45) is 0 Å². The first-order valence-corrected chi connectivity index (χ1v) is 17.1. The van der Waals surface area contributed by atoms with Crippen molar-refractivity contribution in [3.05, 3.63) is 146 Å². The summed E-state index contributed by atoms with van der Waals surface area (Å²) in [4.78, 5) is 0. The highest BCUT2D eigenvalue weighted by molar-refractivity contribution is 7.73. The number of hydrogen-bond donors (Lipinski definition) is 0. The summed E-state index contributed by atoms with van der Waals surface area (Å²) in [7, 11) is -1.69. The second-order valence-corrected chi connectivity index (χ2v) is 14.9. The lowest BCUT2D eigenvalue weighted by Crippen LogP contribution is -2.81. The third-order valence-electron chi connectivity index (χ3n) is 9.27. The van der Waals surface area contributed by atoms with Crippen molar-refractivity contribution >= 4 is 35.7 Å². The summed E-state index contributed by atoms with van der Waals surface area (Å²) in [6, 6.07) is 11.5. The normalized spacial score (nSPS) is 11.9. The van der Waals surface area contributed by atoms with Gasteiger partial charge in [0.2, 0.25) is 0 Å². The minimum Gasteiger partial charge on any atom is -0.419 e. The summed E-state index contributed by atoms with van der Waals surface area (Å²) < 4.78 is 154. The Kier molecular flexibility index (Phi) is 10.3. The van der Waals surface area contributed by atoms with Crippen molar-refractivity contribution < 1.29 is 48.4 Å². The van der Waals surface area contributed by atoms with Gasteiger partial charge in [-0.3, -0.25) is 0 Å². The predicted octanol–water partition coefficient (Wildman–Crippen LogP) is 7.96. The largest absolute Gasteiger partial charge is 0.419 e. The van der Waals surface area contributed by atoms with Crippen LogP contribution in [0, 0.1) is 99.7 Å². The molecule has 5 rings (SSSR count). The van der Waals surface area contributed by atoms with Gasteiger partial charge in [-0.05, 0) is 101 Å². The highest BCUT2D eigenvalue weighted by atomic mass is 31.1. The van der Waals surface area contributed by atoms with Gasteiger partial charge in [0.1, 0.15) is 35.7 Å². The third-order valence-corrected chi connectivity index (χ3v) is 12.5. The molecule has 0 radical (unpaired) electrons. The van der Waals surface area contributed by atoms with Crippen LogP contribution in [0.1, 0.15) is 33.4 Å². The van der Waals surface area contributed by atoms with Crippen LogP contribution in [0.25, 0.3) is 0 Å². The zero-order valence-electron chi connectivity index (χ0n) is 27.9. The fraction of sp³-hybridized carbons (Fsp3) is 0.216. The molecule has 0 saturated heterocycles. The van der Waals surface area contributed by atoms with E-state index in [4.69, 9.17) is 0 Å². The number of halogens is 10. The molecule has 4 aromatic carbocycles. The quantitative estimate of drug-likeness (QED) is 0.0504. The molecule has 0 unspecified atom stereocenters. The summed E-state index contributed by atoms with van der Waals surface area (Å²) in [5.41, 5.74) is 1.58. The molecule has 5 aromatic rings. The molecule has 1 heterocycles. The average Bonchev–Trinajstić information content (AvgIpc) is 3.06. The summed E-state index contributed by atoms with van der Waals surface area (Å²) in [5.74, 6) is -24.7. The molecule has 0 aliphatic heterocycles. The van der Waals surface area contributed by atoms with Crippen LogP contribution in [0.3, 0.4) is 0 Å². The lowest BCUT2D eigenvalue weighted by Gasteiger charge is -2.38. The monoisotopic (exact) mass is 721 g/mol. The summed E-state index contributed by atoms with van der Waals surface area (Å²) >= 11 is 0. The standard InChI is InChI=1S/C37H31BF10NP/c1-18-14-20(3)36(21(4)15-18)50(37-22(5)16-19(2)17-23(37)6)13-10-38(49-11-8-7-9-12-49,24-26(39)30(43)34(47)31(44)27(24)40)25-28(41)32(45)35(48)33(46)29(25)42/h7-9,11-12,14-17H,10,13H2,1-6H3. The molecular formula is C37H31BF10NP. The van der Waals surface area contributed by atoms with Crippen molar-refractivity contribution in [1.29, 1.82) is 0 Å². The first-order chi connectivity index (χ1) is 23.4. The van der Waals surface area contributed by atoms with Gasteiger partial charge >= 0.3 is 6.28 Å². The molecule has 0 amide bonds. The van der Waals surface area contributed by atoms with Gasteiger partial charge in [0.25, 0.3) is 0 Å². The summed E-state index contributed by atoms with van der Waals surface area (Å²) in [6.07, 6.45) is -3.27. The van der Waals surface area contributed by atoms with Crippen LogP contribution in [0.4, 0.5) is 43.9 Å². The van der Waals surface area contributed by atoms with Gasteiger partial charge in [0.15, 0.2) is 34.9 Å². The van der Waals surface area contributed by atoms with Gasteiger partial charge in [-0.1, -0.05) is 58.7 Å². The molecule has 0 saturated carbocycles. The summed E-state index contributed by atoms with van der Waals surface area (Å²) in [6.45, 7) is 11.1. The molecule has 13 heteroatoms. The maximum atomic E-state index is 16.1. The van der Waals surface area contributed by atoms with E-state index < -0.39 is 89.6 Å². The van der Waals surface area contributed by atoms with E-state index in [0.717, 1.165) is 60.9 Å². The molecule has 0 fully saturated rings. The Bertz CT molecular complexity index is 1920. The third kappa shape index (κ3) is 5.99. The average molecular weight is 721 g/mol. The molecule has 0 bridgehead atoms. The van der Waals surface area contributed by atoms with Crippen molar-refractivity contribution in [3.63, 3.8) is 0 Å². The van der Waals surface area contributed by atoms with Crippen LogP contribution in [0.15, 0.2) is 54.9 Å². The van der Waals surface area contributed by atoms with Gasteiger partial charge in [0.05, 0.1) is 0 Å². The van der Waals surface area contributed by atoms with E-state index in [1.54, 1.807) is 0 Å². The predicted molar refractivity (Wildman–Crippen MR) is 177 cm³/mol. The van der Waals surface area contributed by atoms with Crippen molar-refractivity contribution in [3.8, 4) is 0 Å². The number of nitrogens with zero attached hydrogens (tertiary/aromatic N) is 1. The highest BCUT2D eigenvalue weighted by Gasteiger charge is 2.52. The second-order valence-electron chi connectivity index (χ2n) is 12.7. The Morgan fingerprint density at radius 2 is 0.760 bits per heavy atom. The minimum absolute atomic E-state index is 0.244. The first kappa shape index (κ1) is 37.1. The van der Waals surface area contributed by atoms with E-state index in [1.165, 1.54) is 18.2 Å². The Hall–Kier alpha value is -4.18. The van der Waals surface area contributed by atoms with Crippen LogP contribution in [-0.2, 0) is 0 Å². The lowest BCUT2D eigenvalue weighted by molar-refractivity contribution is -0.542. The van der Waals surface area contributed by atoms with Crippen LogP contribution in [0.2, 0.25) is 6.32 Å². The molecule has 1 aromatic heterocycles. The number of pyridine rings is 1. The van der Waals surface area contributed by atoms with E-state index in [0.29, 0.717) is 0 Å². The maximum absolute atomic E-state index is 16.1. The minimum atomic E-state index is -4.27. The Labute approximate surface area is 284 Å². The van der Waals surface area contributed by atoms with Crippen LogP contribution >= 0.6 is 7.92 Å². The molecule has 0 aliphatic rings. The summed E-state index contributed by atoms with van der Waals surface area (Å²) in [5, 5.41) is 1.55. The molecule has 262 valence electrons.